The van der Waals surface area contributed by atoms with E-state index >= 15 is 0 Å². The molecule has 0 bridgehead atoms. The second-order valence-corrected chi connectivity index (χ2v) is 4.47. The zero-order chi connectivity index (χ0) is 13.0. The minimum Gasteiger partial charge on any atom is -0.465 e. The summed E-state index contributed by atoms with van der Waals surface area (Å²) in [5, 5.41) is 0.725. The molecule has 94 valence electrons. The number of rotatable bonds is 3. The maximum Gasteiger partial charge on any atom is 0.339 e. The van der Waals surface area contributed by atoms with Crippen molar-refractivity contribution in [2.24, 2.45) is 0 Å². The first kappa shape index (κ1) is 12.7. The number of benzene rings is 1. The predicted molar refractivity (Wildman–Crippen MR) is 71.1 cm³/mol. The van der Waals surface area contributed by atoms with E-state index in [1.165, 1.54) is 7.11 Å². The molecule has 0 saturated heterocycles. The lowest BCUT2D eigenvalue weighted by Gasteiger charge is -2.22. The Balaban J connectivity index is 2.06. The van der Waals surface area contributed by atoms with Gasteiger partial charge in [-0.1, -0.05) is 29.8 Å². The van der Waals surface area contributed by atoms with Crippen LogP contribution in [0.5, 0.6) is 0 Å². The fraction of sp³-hybridized carbons (Fsp3) is 0.214. The molecule has 1 aromatic carbocycles. The van der Waals surface area contributed by atoms with Crippen LogP contribution >= 0.6 is 11.6 Å². The van der Waals surface area contributed by atoms with Gasteiger partial charge in [-0.25, -0.2) is 4.79 Å². The molecule has 0 radical (unpaired) electrons. The molecule has 0 N–H and O–H groups in total. The molecular weight excluding hydrogens is 250 g/mol. The summed E-state index contributed by atoms with van der Waals surface area (Å²) in [7, 11) is 1.38. The van der Waals surface area contributed by atoms with Gasteiger partial charge in [0.2, 0.25) is 0 Å². The second-order valence-electron chi connectivity index (χ2n) is 4.03. The summed E-state index contributed by atoms with van der Waals surface area (Å²) < 4.78 is 4.70. The highest BCUT2D eigenvalue weighted by atomic mass is 35.5. The van der Waals surface area contributed by atoms with Crippen LogP contribution in [0.2, 0.25) is 5.02 Å². The van der Waals surface area contributed by atoms with Crippen LogP contribution in [0.3, 0.4) is 0 Å². The van der Waals surface area contributed by atoms with Gasteiger partial charge in [0.15, 0.2) is 0 Å². The Morgan fingerprint density at radius 3 is 2.78 bits per heavy atom. The number of hydrogen-bond donors (Lipinski definition) is 0. The first-order valence-corrected chi connectivity index (χ1v) is 6.02. The van der Waals surface area contributed by atoms with Crippen molar-refractivity contribution in [2.45, 2.75) is 6.54 Å². The molecule has 2 rings (SSSR count). The van der Waals surface area contributed by atoms with Gasteiger partial charge in [-0.2, -0.15) is 0 Å². The van der Waals surface area contributed by atoms with Crippen LogP contribution in [-0.4, -0.2) is 24.5 Å². The van der Waals surface area contributed by atoms with Crippen LogP contribution in [0.15, 0.2) is 48.2 Å². The lowest BCUT2D eigenvalue weighted by atomic mass is 10.1. The van der Waals surface area contributed by atoms with Crippen LogP contribution in [0.25, 0.3) is 0 Å². The van der Waals surface area contributed by atoms with Gasteiger partial charge in [0.05, 0.1) is 12.7 Å². The number of methoxy groups -OCH3 is 1. The normalized spacial score (nSPS) is 14.3. The molecule has 0 unspecified atom stereocenters. The average Bonchev–Trinajstić information content (AvgIpc) is 2.41. The van der Waals surface area contributed by atoms with E-state index in [9.17, 15) is 4.79 Å². The van der Waals surface area contributed by atoms with Crippen molar-refractivity contribution >= 4 is 17.6 Å². The molecule has 1 heterocycles. The molecule has 0 aliphatic carbocycles. The molecular formula is C14H14ClNO2. The van der Waals surface area contributed by atoms with Gasteiger partial charge >= 0.3 is 5.97 Å². The summed E-state index contributed by atoms with van der Waals surface area (Å²) in [6.45, 7) is 1.52. The quantitative estimate of drug-likeness (QED) is 0.786. The molecule has 0 atom stereocenters. The maximum absolute atomic E-state index is 11.4. The molecule has 3 nitrogen and oxygen atoms in total. The number of halogens is 1. The van der Waals surface area contributed by atoms with Gasteiger partial charge in [0.25, 0.3) is 0 Å². The second kappa shape index (κ2) is 5.74. The van der Waals surface area contributed by atoms with Crippen molar-refractivity contribution in [2.75, 3.05) is 13.7 Å². The first-order chi connectivity index (χ1) is 8.69. The van der Waals surface area contributed by atoms with E-state index in [2.05, 4.69) is 4.90 Å². The van der Waals surface area contributed by atoms with Gasteiger partial charge in [-0.15, -0.1) is 0 Å². The first-order valence-electron chi connectivity index (χ1n) is 5.64. The van der Waals surface area contributed by atoms with Crippen molar-refractivity contribution in [1.29, 1.82) is 0 Å². The molecule has 0 amide bonds. The minimum absolute atomic E-state index is 0.313. The van der Waals surface area contributed by atoms with Crippen LogP contribution in [-0.2, 0) is 16.1 Å². The number of carbonyl (C=O) groups excluding carboxylic acids is 1. The van der Waals surface area contributed by atoms with Gasteiger partial charge in [-0.05, 0) is 23.8 Å². The third kappa shape index (κ3) is 3.14. The topological polar surface area (TPSA) is 29.5 Å². The van der Waals surface area contributed by atoms with Gasteiger partial charge in [0.1, 0.15) is 0 Å². The SMILES string of the molecule is COC(=O)C1=CN(Cc2ccc(Cl)cc2)CC=C1. The Morgan fingerprint density at radius 2 is 2.11 bits per heavy atom. The van der Waals surface area contributed by atoms with Gasteiger partial charge < -0.3 is 9.64 Å². The molecule has 1 aromatic rings. The zero-order valence-corrected chi connectivity index (χ0v) is 10.9. The van der Waals surface area contributed by atoms with E-state index in [-0.39, 0.29) is 5.97 Å². The van der Waals surface area contributed by atoms with E-state index in [1.807, 2.05) is 36.5 Å². The van der Waals surface area contributed by atoms with Crippen molar-refractivity contribution in [3.05, 3.63) is 58.8 Å². The molecule has 0 saturated carbocycles. The number of nitrogens with zero attached hydrogens (tertiary/aromatic N) is 1. The molecule has 18 heavy (non-hydrogen) atoms. The maximum atomic E-state index is 11.4. The summed E-state index contributed by atoms with van der Waals surface area (Å²) in [5.74, 6) is -0.313. The lowest BCUT2D eigenvalue weighted by molar-refractivity contribution is -0.135. The van der Waals surface area contributed by atoms with Crippen LogP contribution in [0.4, 0.5) is 0 Å². The summed E-state index contributed by atoms with van der Waals surface area (Å²) in [4.78, 5) is 13.5. The highest BCUT2D eigenvalue weighted by Crippen LogP contribution is 2.15. The highest BCUT2D eigenvalue weighted by Gasteiger charge is 2.12. The molecule has 4 heteroatoms. The van der Waals surface area contributed by atoms with Gasteiger partial charge in [-0.3, -0.25) is 0 Å². The number of esters is 1. The van der Waals surface area contributed by atoms with Crippen molar-refractivity contribution in [3.8, 4) is 0 Å². The fourth-order valence-electron chi connectivity index (χ4n) is 1.78. The molecule has 0 spiro atoms. The Hall–Kier alpha value is -1.74. The Morgan fingerprint density at radius 1 is 1.39 bits per heavy atom. The number of carbonyl (C=O) groups is 1. The number of hydrogen-bond acceptors (Lipinski definition) is 3. The largest absolute Gasteiger partial charge is 0.465 e. The average molecular weight is 264 g/mol. The summed E-state index contributed by atoms with van der Waals surface area (Å²) in [5.41, 5.74) is 1.72. The minimum atomic E-state index is -0.313. The Kier molecular flexibility index (Phi) is 4.05. The summed E-state index contributed by atoms with van der Waals surface area (Å²) in [6, 6.07) is 7.68. The van der Waals surface area contributed by atoms with Crippen LogP contribution in [0.1, 0.15) is 5.56 Å². The summed E-state index contributed by atoms with van der Waals surface area (Å²) in [6.07, 6.45) is 5.55. The fourth-order valence-corrected chi connectivity index (χ4v) is 1.91. The van der Waals surface area contributed by atoms with E-state index < -0.39 is 0 Å². The molecule has 1 aliphatic rings. The summed E-state index contributed by atoms with van der Waals surface area (Å²) >= 11 is 5.84. The smallest absolute Gasteiger partial charge is 0.339 e. The lowest BCUT2D eigenvalue weighted by Crippen LogP contribution is -2.22. The molecule has 1 aliphatic heterocycles. The standard InChI is InChI=1S/C14H14ClNO2/c1-18-14(17)12-3-2-8-16(10-12)9-11-4-6-13(15)7-5-11/h2-7,10H,8-9H2,1H3. The van der Waals surface area contributed by atoms with E-state index in [4.69, 9.17) is 16.3 Å². The number of ether oxygens (including phenoxy) is 1. The third-order valence-electron chi connectivity index (χ3n) is 2.68. The molecule has 0 fully saturated rings. The molecule has 0 aromatic heterocycles. The van der Waals surface area contributed by atoms with Gasteiger partial charge in [0, 0.05) is 24.3 Å². The van der Waals surface area contributed by atoms with Crippen LogP contribution in [0, 0.1) is 0 Å². The highest BCUT2D eigenvalue weighted by molar-refractivity contribution is 6.30. The van der Waals surface area contributed by atoms with E-state index in [0.717, 1.165) is 23.7 Å². The predicted octanol–water partition coefficient (Wildman–Crippen LogP) is 2.77. The van der Waals surface area contributed by atoms with Crippen molar-refractivity contribution in [1.82, 2.24) is 4.90 Å². The van der Waals surface area contributed by atoms with E-state index in [0.29, 0.717) is 5.57 Å². The zero-order valence-electron chi connectivity index (χ0n) is 10.1. The van der Waals surface area contributed by atoms with E-state index in [1.54, 1.807) is 6.08 Å². The third-order valence-corrected chi connectivity index (χ3v) is 2.93. The monoisotopic (exact) mass is 263 g/mol. The van der Waals surface area contributed by atoms with Crippen LogP contribution < -0.4 is 0 Å². The van der Waals surface area contributed by atoms with Crippen molar-refractivity contribution in [3.63, 3.8) is 0 Å². The Bertz CT molecular complexity index is 491. The van der Waals surface area contributed by atoms with Crippen molar-refractivity contribution < 1.29 is 9.53 Å². The Labute approximate surface area is 111 Å².